The highest BCUT2D eigenvalue weighted by molar-refractivity contribution is 5.69. The van der Waals surface area contributed by atoms with Crippen LogP contribution in [0.1, 0.15) is 44.6 Å². The number of hydrogen-bond acceptors (Lipinski definition) is 5. The Morgan fingerprint density at radius 2 is 2.05 bits per heavy atom. The molecule has 1 fully saturated rings. The average Bonchev–Trinajstić information content (AvgIpc) is 2.50. The second-order valence-electron chi connectivity index (χ2n) is 6.29. The number of rotatable bonds is 5. The van der Waals surface area contributed by atoms with E-state index in [9.17, 15) is 4.79 Å². The first-order valence-corrected chi connectivity index (χ1v) is 7.90. The number of aromatic nitrogens is 1. The summed E-state index contributed by atoms with van der Waals surface area (Å²) in [4.78, 5) is 15.2. The molecule has 1 aromatic rings. The van der Waals surface area contributed by atoms with Crippen LogP contribution in [0.5, 0.6) is 0 Å². The fraction of sp³-hybridized carbons (Fsp3) is 0.647. The highest BCUT2D eigenvalue weighted by Gasteiger charge is 2.35. The summed E-state index contributed by atoms with van der Waals surface area (Å²) in [5.74, 6) is 1.09. The number of ether oxygens (including phenoxy) is 2. The topological polar surface area (TPSA) is 74.4 Å². The van der Waals surface area contributed by atoms with Crippen molar-refractivity contribution in [3.05, 3.63) is 24.0 Å². The van der Waals surface area contributed by atoms with Gasteiger partial charge < -0.3 is 15.2 Å². The number of hydrogen-bond donors (Lipinski definition) is 1. The number of esters is 1. The second kappa shape index (κ2) is 7.58. The van der Waals surface area contributed by atoms with Crippen molar-refractivity contribution in [3.8, 4) is 0 Å². The van der Waals surface area contributed by atoms with Crippen LogP contribution in [0.15, 0.2) is 18.5 Å². The van der Waals surface area contributed by atoms with Gasteiger partial charge in [-0.15, -0.1) is 0 Å². The predicted octanol–water partition coefficient (Wildman–Crippen LogP) is 2.76. The quantitative estimate of drug-likeness (QED) is 0.847. The van der Waals surface area contributed by atoms with Crippen molar-refractivity contribution in [1.82, 2.24) is 4.98 Å². The molecule has 0 spiro atoms. The molecule has 0 bridgehead atoms. The molecule has 2 rings (SSSR count). The van der Waals surface area contributed by atoms with Gasteiger partial charge in [-0.25, -0.2) is 0 Å². The van der Waals surface area contributed by atoms with E-state index in [0.29, 0.717) is 30.8 Å². The van der Waals surface area contributed by atoms with Crippen LogP contribution >= 0.6 is 0 Å². The Balaban J connectivity index is 1.94. The van der Waals surface area contributed by atoms with E-state index in [0.717, 1.165) is 18.5 Å². The van der Waals surface area contributed by atoms with Crippen LogP contribution in [0, 0.1) is 11.8 Å². The van der Waals surface area contributed by atoms with Gasteiger partial charge >= 0.3 is 5.97 Å². The number of pyridine rings is 1. The van der Waals surface area contributed by atoms with Gasteiger partial charge in [0.05, 0.1) is 38.1 Å². The van der Waals surface area contributed by atoms with E-state index in [1.807, 2.05) is 6.07 Å². The van der Waals surface area contributed by atoms with E-state index in [-0.39, 0.29) is 12.1 Å². The van der Waals surface area contributed by atoms with Crippen molar-refractivity contribution in [1.29, 1.82) is 0 Å². The fourth-order valence-corrected chi connectivity index (χ4v) is 3.57. The van der Waals surface area contributed by atoms with Crippen LogP contribution in [0.2, 0.25) is 0 Å². The SMILES string of the molecule is COC(=O)CCO[C@H]1[C@H](C)C[C@H](c2ccncc2N)C[C@@H]1C. The molecule has 4 atom stereocenters. The number of carbonyl (C=O) groups excluding carboxylic acids is 1. The van der Waals surface area contributed by atoms with Crippen LogP contribution in [-0.2, 0) is 14.3 Å². The van der Waals surface area contributed by atoms with Crippen molar-refractivity contribution in [2.75, 3.05) is 19.5 Å². The molecule has 0 amide bonds. The Morgan fingerprint density at radius 1 is 1.36 bits per heavy atom. The third-order valence-corrected chi connectivity index (χ3v) is 4.61. The zero-order chi connectivity index (χ0) is 16.1. The van der Waals surface area contributed by atoms with Crippen molar-refractivity contribution < 1.29 is 14.3 Å². The Kier molecular flexibility index (Phi) is 5.77. The first-order valence-electron chi connectivity index (χ1n) is 7.90. The largest absolute Gasteiger partial charge is 0.469 e. The zero-order valence-electron chi connectivity index (χ0n) is 13.6. The maximum absolute atomic E-state index is 11.2. The smallest absolute Gasteiger partial charge is 0.307 e. The predicted molar refractivity (Wildman–Crippen MR) is 85.3 cm³/mol. The van der Waals surface area contributed by atoms with Crippen molar-refractivity contribution in [3.63, 3.8) is 0 Å². The van der Waals surface area contributed by atoms with E-state index in [4.69, 9.17) is 10.5 Å². The summed E-state index contributed by atoms with van der Waals surface area (Å²) in [5, 5.41) is 0. The average molecular weight is 306 g/mol. The molecule has 5 nitrogen and oxygen atoms in total. The summed E-state index contributed by atoms with van der Waals surface area (Å²) in [7, 11) is 1.40. The molecule has 0 saturated heterocycles. The lowest BCUT2D eigenvalue weighted by atomic mass is 9.72. The molecule has 0 radical (unpaired) electrons. The molecule has 1 aromatic heterocycles. The highest BCUT2D eigenvalue weighted by Crippen LogP contribution is 2.42. The maximum Gasteiger partial charge on any atom is 0.307 e. The van der Waals surface area contributed by atoms with Gasteiger partial charge in [-0.2, -0.15) is 0 Å². The third kappa shape index (κ3) is 3.97. The molecule has 5 heteroatoms. The van der Waals surface area contributed by atoms with E-state index in [1.165, 1.54) is 12.7 Å². The minimum absolute atomic E-state index is 0.184. The molecule has 0 aliphatic heterocycles. The summed E-state index contributed by atoms with van der Waals surface area (Å²) in [6, 6.07) is 2.03. The van der Waals surface area contributed by atoms with Crippen molar-refractivity contribution >= 4 is 11.7 Å². The molecular formula is C17H26N2O3. The van der Waals surface area contributed by atoms with Crippen LogP contribution in [-0.4, -0.2) is 30.8 Å². The normalized spacial score (nSPS) is 28.3. The van der Waals surface area contributed by atoms with Crippen molar-refractivity contribution in [2.45, 2.75) is 45.1 Å². The lowest BCUT2D eigenvalue weighted by Gasteiger charge is -2.39. The summed E-state index contributed by atoms with van der Waals surface area (Å²) < 4.78 is 10.6. The number of nitrogen functional groups attached to an aromatic ring is 1. The standard InChI is InChI=1S/C17H26N2O3/c1-11-8-13(14-4-6-19-10-15(14)18)9-12(2)17(11)22-7-5-16(20)21-3/h4,6,10-13,17H,5,7-9,18H2,1-3H3/t11-,12+,13+,17+. The Morgan fingerprint density at radius 3 is 2.64 bits per heavy atom. The number of anilines is 1. The van der Waals surface area contributed by atoms with Gasteiger partial charge in [0.2, 0.25) is 0 Å². The molecule has 0 unspecified atom stereocenters. The Hall–Kier alpha value is -1.62. The Bertz CT molecular complexity index is 494. The molecule has 22 heavy (non-hydrogen) atoms. The van der Waals surface area contributed by atoms with Crippen LogP contribution in [0.25, 0.3) is 0 Å². The molecule has 122 valence electrons. The molecule has 1 saturated carbocycles. The minimum Gasteiger partial charge on any atom is -0.469 e. The van der Waals surface area contributed by atoms with Gasteiger partial charge in [0.1, 0.15) is 0 Å². The first-order chi connectivity index (χ1) is 10.5. The maximum atomic E-state index is 11.2. The monoisotopic (exact) mass is 306 g/mol. The van der Waals surface area contributed by atoms with Crippen LogP contribution in [0.4, 0.5) is 5.69 Å². The number of carbonyl (C=O) groups is 1. The van der Waals surface area contributed by atoms with Crippen molar-refractivity contribution in [2.24, 2.45) is 11.8 Å². The molecule has 1 aliphatic carbocycles. The summed E-state index contributed by atoms with van der Waals surface area (Å²) in [6.45, 7) is 4.85. The third-order valence-electron chi connectivity index (χ3n) is 4.61. The zero-order valence-corrected chi connectivity index (χ0v) is 13.6. The van der Waals surface area contributed by atoms with Crippen LogP contribution in [0.3, 0.4) is 0 Å². The summed E-state index contributed by atoms with van der Waals surface area (Å²) in [6.07, 6.45) is 6.11. The highest BCUT2D eigenvalue weighted by atomic mass is 16.5. The van der Waals surface area contributed by atoms with Gasteiger partial charge in [-0.05, 0) is 42.2 Å². The molecule has 0 aromatic carbocycles. The first kappa shape index (κ1) is 16.7. The molecular weight excluding hydrogens is 280 g/mol. The van der Waals surface area contributed by atoms with E-state index < -0.39 is 0 Å². The van der Waals surface area contributed by atoms with E-state index >= 15 is 0 Å². The minimum atomic E-state index is -0.224. The lowest BCUT2D eigenvalue weighted by Crippen LogP contribution is -2.36. The van der Waals surface area contributed by atoms with Gasteiger partial charge in [0, 0.05) is 6.20 Å². The molecule has 1 aliphatic rings. The van der Waals surface area contributed by atoms with Gasteiger partial charge in [-0.1, -0.05) is 13.8 Å². The molecule has 2 N–H and O–H groups in total. The fourth-order valence-electron chi connectivity index (χ4n) is 3.57. The van der Waals surface area contributed by atoms with Gasteiger partial charge in [-0.3, -0.25) is 9.78 Å². The van der Waals surface area contributed by atoms with E-state index in [1.54, 1.807) is 12.4 Å². The van der Waals surface area contributed by atoms with E-state index in [2.05, 4.69) is 23.6 Å². The van der Waals surface area contributed by atoms with Crippen LogP contribution < -0.4 is 5.73 Å². The molecule has 1 heterocycles. The van der Waals surface area contributed by atoms with Gasteiger partial charge in [0.15, 0.2) is 0 Å². The Labute approximate surface area is 132 Å². The summed E-state index contributed by atoms with van der Waals surface area (Å²) >= 11 is 0. The summed E-state index contributed by atoms with van der Waals surface area (Å²) in [5.41, 5.74) is 8.03. The lowest BCUT2D eigenvalue weighted by molar-refractivity contribution is -0.143. The second-order valence-corrected chi connectivity index (χ2v) is 6.29. The number of methoxy groups -OCH3 is 1. The van der Waals surface area contributed by atoms with Gasteiger partial charge in [0.25, 0.3) is 0 Å². The number of nitrogens with zero attached hydrogens (tertiary/aromatic N) is 1. The number of nitrogens with two attached hydrogens (primary N) is 1.